The zero-order valence-corrected chi connectivity index (χ0v) is 33.1. The van der Waals surface area contributed by atoms with Gasteiger partial charge in [-0.3, -0.25) is 23.9 Å². The summed E-state index contributed by atoms with van der Waals surface area (Å²) in [5.41, 5.74) is 0.640. The number of ether oxygens (including phenoxy) is 2. The molecule has 0 bridgehead atoms. The molecule has 56 heavy (non-hydrogen) atoms. The molecule has 7 rings (SSSR count). The highest BCUT2D eigenvalue weighted by Crippen LogP contribution is 2.46. The van der Waals surface area contributed by atoms with Crippen molar-refractivity contribution in [2.24, 2.45) is 17.8 Å². The summed E-state index contributed by atoms with van der Waals surface area (Å²) < 4.78 is 40.0. The molecule has 2 aromatic carbocycles. The molecular formula is C42H51N5O8S. The highest BCUT2D eigenvalue weighted by molar-refractivity contribution is 7.91. The Kier molecular flexibility index (Phi) is 11.1. The van der Waals surface area contributed by atoms with Gasteiger partial charge in [0.25, 0.3) is 5.91 Å². The molecule has 4 aliphatic rings. The Balaban J connectivity index is 1.20. The first kappa shape index (κ1) is 39.3. The molecule has 1 unspecified atom stereocenters. The van der Waals surface area contributed by atoms with Gasteiger partial charge in [-0.05, 0) is 56.6 Å². The van der Waals surface area contributed by atoms with Crippen LogP contribution in [0.1, 0.15) is 65.2 Å². The number of fused-ring (bicyclic) bond motifs is 1. The van der Waals surface area contributed by atoms with Crippen LogP contribution in [0.15, 0.2) is 67.3 Å². The molecule has 2 aliphatic heterocycles. The van der Waals surface area contributed by atoms with E-state index in [1.54, 1.807) is 7.11 Å². The van der Waals surface area contributed by atoms with Crippen LogP contribution >= 0.6 is 0 Å². The average molecular weight is 786 g/mol. The maximum absolute atomic E-state index is 14.7. The number of rotatable bonds is 14. The van der Waals surface area contributed by atoms with Crippen LogP contribution in [-0.2, 0) is 29.2 Å². The number of nitrogens with one attached hydrogen (secondary N) is 2. The zero-order valence-electron chi connectivity index (χ0n) is 32.2. The lowest BCUT2D eigenvalue weighted by atomic mass is 9.89. The van der Waals surface area contributed by atoms with Gasteiger partial charge < -0.3 is 24.6 Å². The van der Waals surface area contributed by atoms with E-state index in [2.05, 4.69) is 16.6 Å². The Morgan fingerprint density at radius 3 is 2.41 bits per heavy atom. The molecule has 298 valence electrons. The zero-order chi connectivity index (χ0) is 39.8. The third-order valence-electron chi connectivity index (χ3n) is 11.7. The molecule has 2 N–H and O–H groups in total. The fraction of sp³-hybridized carbons (Fsp3) is 0.500. The second-order valence-corrected chi connectivity index (χ2v) is 17.9. The molecule has 0 spiro atoms. The molecule has 5 atom stereocenters. The number of benzene rings is 2. The van der Waals surface area contributed by atoms with Gasteiger partial charge in [0.2, 0.25) is 27.7 Å². The number of sulfonamides is 1. The molecule has 13 nitrogen and oxygen atoms in total. The highest BCUT2D eigenvalue weighted by atomic mass is 32.2. The van der Waals surface area contributed by atoms with E-state index in [0.29, 0.717) is 54.0 Å². The molecule has 2 saturated carbocycles. The third kappa shape index (κ3) is 8.12. The summed E-state index contributed by atoms with van der Waals surface area (Å²) >= 11 is 0. The SMILES string of the molecule is C=CC1C[C@]1(NC(=O)[C@@H]1C[C@@H](Oc2cc(-c3ccccc3)nc3cc(OC)ccc23)CN1C(=O)[C@@H](CC(=O)N1CCCCC1)C(C)C)C(=O)NS(=O)(=O)C1CC1. The lowest BCUT2D eigenvalue weighted by molar-refractivity contribution is -0.146. The predicted molar refractivity (Wildman–Crippen MR) is 211 cm³/mol. The summed E-state index contributed by atoms with van der Waals surface area (Å²) in [5.74, 6) is -2.15. The van der Waals surface area contributed by atoms with Crippen LogP contribution in [0.3, 0.4) is 0 Å². The smallest absolute Gasteiger partial charge is 0.259 e. The minimum Gasteiger partial charge on any atom is -0.497 e. The molecule has 4 fully saturated rings. The summed E-state index contributed by atoms with van der Waals surface area (Å²) in [6, 6.07) is 15.9. The van der Waals surface area contributed by atoms with Gasteiger partial charge in [0.1, 0.15) is 29.2 Å². The number of amides is 4. The number of carbonyl (C=O) groups is 4. The van der Waals surface area contributed by atoms with Crippen molar-refractivity contribution >= 4 is 44.6 Å². The van der Waals surface area contributed by atoms with E-state index >= 15 is 0 Å². The monoisotopic (exact) mass is 785 g/mol. The van der Waals surface area contributed by atoms with Crippen LogP contribution in [0.2, 0.25) is 0 Å². The Labute approximate surface area is 328 Å². The van der Waals surface area contributed by atoms with Crippen molar-refractivity contribution in [3.05, 3.63) is 67.3 Å². The third-order valence-corrected chi connectivity index (χ3v) is 13.5. The van der Waals surface area contributed by atoms with E-state index < -0.39 is 56.6 Å². The number of hydrogen-bond acceptors (Lipinski definition) is 9. The first-order valence-corrected chi connectivity index (χ1v) is 21.2. The van der Waals surface area contributed by atoms with E-state index in [0.717, 1.165) is 24.8 Å². The van der Waals surface area contributed by atoms with Crippen molar-refractivity contribution in [1.82, 2.24) is 24.8 Å². The summed E-state index contributed by atoms with van der Waals surface area (Å²) in [7, 11) is -2.31. The van der Waals surface area contributed by atoms with Crippen molar-refractivity contribution in [2.75, 3.05) is 26.7 Å². The fourth-order valence-corrected chi connectivity index (χ4v) is 9.38. The van der Waals surface area contributed by atoms with Gasteiger partial charge in [-0.15, -0.1) is 6.58 Å². The Bertz CT molecular complexity index is 2120. The van der Waals surface area contributed by atoms with Gasteiger partial charge in [-0.2, -0.15) is 0 Å². The molecule has 2 saturated heterocycles. The average Bonchev–Trinajstić information content (AvgIpc) is 4.13. The number of methoxy groups -OCH3 is 1. The van der Waals surface area contributed by atoms with Crippen LogP contribution in [0.5, 0.6) is 11.5 Å². The first-order valence-electron chi connectivity index (χ1n) is 19.6. The van der Waals surface area contributed by atoms with Crippen LogP contribution < -0.4 is 19.5 Å². The number of aromatic nitrogens is 1. The number of likely N-dealkylation sites (tertiary alicyclic amines) is 2. The van der Waals surface area contributed by atoms with Gasteiger partial charge in [-0.1, -0.05) is 50.3 Å². The number of pyridine rings is 1. The van der Waals surface area contributed by atoms with Crippen molar-refractivity contribution in [3.8, 4) is 22.8 Å². The quantitative estimate of drug-likeness (QED) is 0.222. The lowest BCUT2D eigenvalue weighted by Crippen LogP contribution is -2.57. The van der Waals surface area contributed by atoms with Gasteiger partial charge in [0.15, 0.2) is 0 Å². The molecule has 3 aromatic rings. The summed E-state index contributed by atoms with van der Waals surface area (Å²) in [6.45, 7) is 8.95. The largest absolute Gasteiger partial charge is 0.497 e. The van der Waals surface area contributed by atoms with Crippen LogP contribution in [0.25, 0.3) is 22.2 Å². The number of nitrogens with zero attached hydrogens (tertiary/aromatic N) is 3. The van der Waals surface area contributed by atoms with Gasteiger partial charge in [0.05, 0.1) is 30.1 Å². The van der Waals surface area contributed by atoms with Crippen LogP contribution in [-0.4, -0.2) is 96.5 Å². The molecule has 0 radical (unpaired) electrons. The van der Waals surface area contributed by atoms with Crippen LogP contribution in [0, 0.1) is 17.8 Å². The maximum Gasteiger partial charge on any atom is 0.259 e. The molecule has 2 aliphatic carbocycles. The Morgan fingerprint density at radius 2 is 1.77 bits per heavy atom. The highest BCUT2D eigenvalue weighted by Gasteiger charge is 2.62. The Morgan fingerprint density at radius 1 is 1.04 bits per heavy atom. The van der Waals surface area contributed by atoms with Crippen molar-refractivity contribution in [2.45, 2.75) is 88.1 Å². The maximum atomic E-state index is 14.7. The molecule has 1 aromatic heterocycles. The van der Waals surface area contributed by atoms with E-state index in [4.69, 9.17) is 14.5 Å². The first-order chi connectivity index (χ1) is 26.8. The van der Waals surface area contributed by atoms with E-state index in [9.17, 15) is 27.6 Å². The summed E-state index contributed by atoms with van der Waals surface area (Å²) in [4.78, 5) is 64.4. The predicted octanol–water partition coefficient (Wildman–Crippen LogP) is 4.60. The normalized spacial score (nSPS) is 24.0. The standard InChI is InChI=1S/C42H51N5O8S/c1-5-28-24-42(28,41(51)45-56(52,53)31-15-16-31)44-39(49)36-21-30(25-47(36)40(50)33(26(2)3)22-38(48)46-18-10-7-11-19-46)55-37-23-34(27-12-8-6-9-13-27)43-35-20-29(54-4)14-17-32(35)37/h5-6,8-9,12-14,17,20,23,26,28,30-31,33,36H,1,7,10-11,15-16,18-19,21-22,24-25H2,2-4H3,(H,44,49)(H,45,51)/t28?,30-,33+,36+,42-/m1/s1. The second-order valence-electron chi connectivity index (χ2n) is 15.9. The molecule has 14 heteroatoms. The topological polar surface area (TPSA) is 164 Å². The Hall–Kier alpha value is -4.98. The van der Waals surface area contributed by atoms with E-state index in [-0.39, 0.29) is 43.5 Å². The number of piperidine rings is 1. The summed E-state index contributed by atoms with van der Waals surface area (Å²) in [5, 5.41) is 2.94. The number of hydrogen-bond donors (Lipinski definition) is 2. The number of carbonyl (C=O) groups excluding carboxylic acids is 4. The van der Waals surface area contributed by atoms with Gasteiger partial charge >= 0.3 is 0 Å². The molecule has 3 heterocycles. The van der Waals surface area contributed by atoms with Crippen molar-refractivity contribution in [3.63, 3.8) is 0 Å². The summed E-state index contributed by atoms with van der Waals surface area (Å²) in [6.07, 6.45) is 4.98. The molecule has 4 amide bonds. The van der Waals surface area contributed by atoms with Crippen molar-refractivity contribution in [1.29, 1.82) is 0 Å². The molecular weight excluding hydrogens is 735 g/mol. The van der Waals surface area contributed by atoms with Crippen molar-refractivity contribution < 1.29 is 37.1 Å². The fourth-order valence-electron chi connectivity index (χ4n) is 8.01. The minimum atomic E-state index is -3.89. The van der Waals surface area contributed by atoms with E-state index in [1.807, 2.05) is 73.3 Å². The van der Waals surface area contributed by atoms with Crippen LogP contribution in [0.4, 0.5) is 0 Å². The van der Waals surface area contributed by atoms with Gasteiger partial charge in [0, 0.05) is 60.8 Å². The van der Waals surface area contributed by atoms with Gasteiger partial charge in [-0.25, -0.2) is 13.4 Å². The second kappa shape index (κ2) is 15.9. The lowest BCUT2D eigenvalue weighted by Gasteiger charge is -2.32. The van der Waals surface area contributed by atoms with E-state index in [1.165, 1.54) is 11.0 Å². The minimum absolute atomic E-state index is 0.00797.